The predicted octanol–water partition coefficient (Wildman–Crippen LogP) is 8.46. The Hall–Kier alpha value is -7.83. The van der Waals surface area contributed by atoms with Crippen molar-refractivity contribution in [1.29, 1.82) is 5.26 Å². The summed E-state index contributed by atoms with van der Waals surface area (Å²) in [4.78, 5) is 8.86. The third-order valence-corrected chi connectivity index (χ3v) is 15.5. The number of rotatable bonds is 19. The van der Waals surface area contributed by atoms with E-state index in [4.69, 9.17) is 34.7 Å². The van der Waals surface area contributed by atoms with Crippen LogP contribution in [0.1, 0.15) is 35.1 Å². The van der Waals surface area contributed by atoms with Crippen molar-refractivity contribution in [3.63, 3.8) is 0 Å². The SMILES string of the molecule is COc1ccc2nc3c(C#N)c(C)c(N=Nc4cc(C)c(N=Nc5cc(CO)c(N=Nc6nc7c(S(=O)(=O)O)cc8ccccc8c7s6)cc5SCCCS(=O)(=O)O)cc4OCCCS(=O)(=O)O)c(O)n3c2c1.O=S(=O)=O.O=S(=O)=O. The molecule has 0 radical (unpaired) electrons. The molecular weight excluding hydrogens is 1210 g/mol. The molecule has 0 bridgehead atoms. The second-order valence-corrected chi connectivity index (χ2v) is 23.8. The van der Waals surface area contributed by atoms with E-state index in [2.05, 4.69) is 46.7 Å². The number of pyridine rings is 1. The molecule has 0 saturated carbocycles. The lowest BCUT2D eigenvalue weighted by atomic mass is 10.1. The minimum Gasteiger partial charge on any atom is -0.497 e. The van der Waals surface area contributed by atoms with Gasteiger partial charge in [-0.3, -0.25) is 18.1 Å². The van der Waals surface area contributed by atoms with Crippen molar-refractivity contribution in [2.75, 3.05) is 31.0 Å². The average Bonchev–Trinajstić information content (AvgIpc) is 4.13. The van der Waals surface area contributed by atoms with Crippen molar-refractivity contribution >= 4 is 146 Å². The number of thiazole rings is 1. The van der Waals surface area contributed by atoms with Crippen LogP contribution in [0.25, 0.3) is 37.7 Å². The zero-order valence-corrected chi connectivity index (χ0v) is 47.4. The Kier molecular flexibility index (Phi) is 20.5. The Morgan fingerprint density at radius 1 is 0.765 bits per heavy atom. The minimum atomic E-state index is -4.69. The van der Waals surface area contributed by atoms with Gasteiger partial charge in [0.25, 0.3) is 30.4 Å². The second kappa shape index (κ2) is 26.6. The molecule has 8 aromatic rings. The fraction of sp³-hybridized carbons (Fsp3) is 0.222. The quantitative estimate of drug-likeness (QED) is 0.0219. The van der Waals surface area contributed by atoms with Gasteiger partial charge in [-0.25, -0.2) is 9.97 Å². The van der Waals surface area contributed by atoms with Gasteiger partial charge in [0.15, 0.2) is 11.3 Å². The molecule has 5 N–H and O–H groups in total. The zero-order valence-electron chi connectivity index (χ0n) is 41.7. The van der Waals surface area contributed by atoms with Gasteiger partial charge < -0.3 is 19.7 Å². The summed E-state index contributed by atoms with van der Waals surface area (Å²) in [5.41, 5.74) is 2.63. The van der Waals surface area contributed by atoms with Crippen LogP contribution in [-0.2, 0) is 58.2 Å². The number of azo groups is 3. The number of aromatic nitrogens is 3. The highest BCUT2D eigenvalue weighted by molar-refractivity contribution is 7.99. The van der Waals surface area contributed by atoms with Gasteiger partial charge in [-0.05, 0) is 79.8 Å². The van der Waals surface area contributed by atoms with E-state index < -0.39 is 74.6 Å². The monoisotopic (exact) mass is 1250 g/mol. The van der Waals surface area contributed by atoms with Crippen molar-refractivity contribution in [2.45, 2.75) is 43.1 Å². The number of benzene rings is 5. The number of imidazole rings is 1. The topological polar surface area (TPSA) is 453 Å². The van der Waals surface area contributed by atoms with Crippen LogP contribution in [0.3, 0.4) is 0 Å². The van der Waals surface area contributed by atoms with E-state index in [0.717, 1.165) is 23.1 Å². The molecule has 426 valence electrons. The number of aromatic hydroxyl groups is 1. The van der Waals surface area contributed by atoms with Gasteiger partial charge in [0, 0.05) is 33.5 Å². The summed E-state index contributed by atoms with van der Waals surface area (Å²) in [7, 11) is -18.1. The molecule has 81 heavy (non-hydrogen) atoms. The normalized spacial score (nSPS) is 12.0. The van der Waals surface area contributed by atoms with Crippen LogP contribution >= 0.6 is 23.1 Å². The van der Waals surface area contributed by atoms with Crippen LogP contribution in [0.15, 0.2) is 113 Å². The first-order chi connectivity index (χ1) is 38.1. The number of thioether (sulfide) groups is 1. The van der Waals surface area contributed by atoms with Crippen LogP contribution in [0.2, 0.25) is 0 Å². The summed E-state index contributed by atoms with van der Waals surface area (Å²) < 4.78 is 163. The van der Waals surface area contributed by atoms with Gasteiger partial charge in [0.1, 0.15) is 39.2 Å². The smallest absolute Gasteiger partial charge is 0.425 e. The molecule has 36 heteroatoms. The van der Waals surface area contributed by atoms with Gasteiger partial charge in [-0.2, -0.15) is 35.6 Å². The number of methoxy groups -OCH3 is 1. The number of fused-ring (bicyclic) bond motifs is 6. The fourth-order valence-corrected chi connectivity index (χ4v) is 11.3. The average molecular weight is 1250 g/mol. The number of nitriles is 1. The van der Waals surface area contributed by atoms with Crippen molar-refractivity contribution in [3.8, 4) is 23.4 Å². The van der Waals surface area contributed by atoms with Crippen molar-refractivity contribution < 1.29 is 83.9 Å². The van der Waals surface area contributed by atoms with Crippen molar-refractivity contribution in [3.05, 3.63) is 95.1 Å². The maximum Gasteiger partial charge on any atom is 0.425 e. The Balaban J connectivity index is 0.00000124. The molecule has 0 spiro atoms. The summed E-state index contributed by atoms with van der Waals surface area (Å²) in [6.45, 7) is 2.43. The molecule has 0 unspecified atom stereocenters. The molecular formula is C45H40N10O19S7. The number of hydrogen-bond donors (Lipinski definition) is 5. The lowest BCUT2D eigenvalue weighted by Crippen LogP contribution is -2.08. The van der Waals surface area contributed by atoms with Gasteiger partial charge in [-0.1, -0.05) is 35.6 Å². The third kappa shape index (κ3) is 16.4. The molecule has 0 atom stereocenters. The minimum absolute atomic E-state index is 0.0158. The van der Waals surface area contributed by atoms with Crippen LogP contribution in [0.5, 0.6) is 17.4 Å². The molecule has 0 saturated heterocycles. The molecule has 0 aliphatic heterocycles. The summed E-state index contributed by atoms with van der Waals surface area (Å²) >= 11 is 2.15. The van der Waals surface area contributed by atoms with E-state index in [-0.39, 0.29) is 98.3 Å². The van der Waals surface area contributed by atoms with E-state index in [1.54, 1.807) is 56.3 Å². The highest BCUT2D eigenvalue weighted by Gasteiger charge is 2.23. The molecule has 5 aromatic carbocycles. The van der Waals surface area contributed by atoms with E-state index in [1.165, 1.54) is 41.8 Å². The number of hydrogen-bond acceptors (Lipinski definition) is 27. The van der Waals surface area contributed by atoms with Crippen LogP contribution in [-0.4, -0.2) is 120 Å². The molecule has 0 amide bonds. The third-order valence-electron chi connectivity index (χ3n) is 11.0. The lowest BCUT2D eigenvalue weighted by Gasteiger charge is -2.12. The van der Waals surface area contributed by atoms with Crippen molar-refractivity contribution in [1.82, 2.24) is 14.4 Å². The molecule has 0 aliphatic carbocycles. The number of aryl methyl sites for hydroxylation is 1. The predicted molar refractivity (Wildman–Crippen MR) is 291 cm³/mol. The Bertz CT molecular complexity index is 4470. The summed E-state index contributed by atoms with van der Waals surface area (Å²) in [6, 6.07) is 21.3. The van der Waals surface area contributed by atoms with Gasteiger partial charge in [0.05, 0.1) is 64.6 Å². The van der Waals surface area contributed by atoms with Crippen LogP contribution in [0, 0.1) is 25.2 Å². The largest absolute Gasteiger partial charge is 0.497 e. The Labute approximate surface area is 469 Å². The molecule has 0 fully saturated rings. The highest BCUT2D eigenvalue weighted by atomic mass is 32.2. The van der Waals surface area contributed by atoms with Crippen LogP contribution in [0.4, 0.5) is 33.6 Å². The van der Waals surface area contributed by atoms with E-state index in [9.17, 15) is 54.4 Å². The maximum atomic E-state index is 12.4. The summed E-state index contributed by atoms with van der Waals surface area (Å²) in [6.07, 6.45) is -0.106. The molecule has 8 rings (SSSR count). The first-order valence-corrected chi connectivity index (χ1v) is 30.9. The molecule has 29 nitrogen and oxygen atoms in total. The lowest BCUT2D eigenvalue weighted by molar-refractivity contribution is 0.282. The first kappa shape index (κ1) is 62.4. The Morgan fingerprint density at radius 3 is 2.05 bits per heavy atom. The van der Waals surface area contributed by atoms with E-state index in [0.29, 0.717) is 42.7 Å². The van der Waals surface area contributed by atoms with Crippen LogP contribution < -0.4 is 9.47 Å². The van der Waals surface area contributed by atoms with E-state index in [1.807, 2.05) is 0 Å². The maximum absolute atomic E-state index is 12.4. The number of aliphatic hydroxyl groups excluding tert-OH is 1. The van der Waals surface area contributed by atoms with Gasteiger partial charge in [-0.15, -0.1) is 62.6 Å². The number of ether oxygens (including phenoxy) is 2. The number of nitrogens with zero attached hydrogens (tertiary/aromatic N) is 10. The zero-order chi connectivity index (χ0) is 59.6. The molecule has 3 heterocycles. The molecule has 0 aliphatic rings. The fourth-order valence-electron chi connectivity index (χ4n) is 7.45. The van der Waals surface area contributed by atoms with Gasteiger partial charge in [0.2, 0.25) is 11.0 Å². The Morgan fingerprint density at radius 2 is 1.41 bits per heavy atom. The molecule has 3 aromatic heterocycles. The van der Waals surface area contributed by atoms with Crippen molar-refractivity contribution in [2.24, 2.45) is 30.7 Å². The first-order valence-electron chi connectivity index (χ1n) is 22.4. The summed E-state index contributed by atoms with van der Waals surface area (Å²) in [5, 5.41) is 59.8. The van der Waals surface area contributed by atoms with Gasteiger partial charge >= 0.3 is 21.2 Å². The standard InChI is InChI=1S/C45H40N10O13S5.2O3S/c1-24-16-34(51-53-40-25(2)30(22-46)43-47-31-11-10-28(67-3)19-36(31)55(43)44(40)57)37(68-12-6-14-71(58,59)60)20-32(24)49-52-35-17-27(23-56)33(21-38(35)69-13-7-15-72(61,62)63)50-54-45-48-41-39(73(64,65)66)18-26-8-4-5-9-29(26)42(41)70-45;2*1-4(2)3/h4-5,8-11,16-21,56-57H,6-7,12-15,23H2,1-3H3,(H,58,59,60)(H,61,62,63)(H,64,65,66);;. The van der Waals surface area contributed by atoms with E-state index >= 15 is 0 Å². The second-order valence-electron chi connectivity index (χ2n) is 16.4. The number of aliphatic hydroxyl groups is 1. The summed E-state index contributed by atoms with van der Waals surface area (Å²) in [5.74, 6) is -0.885. The highest BCUT2D eigenvalue weighted by Crippen LogP contribution is 2.44.